The minimum absolute atomic E-state index is 0.181. The average Bonchev–Trinajstić information content (AvgIpc) is 3.11. The van der Waals surface area contributed by atoms with Crippen LogP contribution in [0.2, 0.25) is 0 Å². The molecule has 0 radical (unpaired) electrons. The van der Waals surface area contributed by atoms with Crippen molar-refractivity contribution in [2.75, 3.05) is 25.0 Å². The number of alkyl halides is 1. The monoisotopic (exact) mass is 364 g/mol. The lowest BCUT2D eigenvalue weighted by atomic mass is 10.1. The quantitative estimate of drug-likeness (QED) is 0.659. The van der Waals surface area contributed by atoms with E-state index >= 15 is 0 Å². The van der Waals surface area contributed by atoms with Crippen LogP contribution in [0.25, 0.3) is 17.0 Å². The van der Waals surface area contributed by atoms with E-state index < -0.39 is 6.17 Å². The van der Waals surface area contributed by atoms with Crippen LogP contribution in [0.4, 0.5) is 10.1 Å². The molecule has 4 rings (SSSR count). The van der Waals surface area contributed by atoms with Crippen molar-refractivity contribution in [2.45, 2.75) is 12.6 Å². The molecule has 2 N–H and O–H groups in total. The van der Waals surface area contributed by atoms with E-state index in [9.17, 15) is 9.18 Å². The first-order valence-electron chi connectivity index (χ1n) is 9.04. The normalized spacial score (nSPS) is 15.3. The molecule has 0 saturated carbocycles. The molecule has 1 aliphatic heterocycles. The van der Waals surface area contributed by atoms with Gasteiger partial charge in [-0.1, -0.05) is 30.3 Å². The number of aromatic nitrogens is 2. The smallest absolute Gasteiger partial charge is 0.248 e. The summed E-state index contributed by atoms with van der Waals surface area (Å²) in [4.78, 5) is 14.4. The fourth-order valence-corrected chi connectivity index (χ4v) is 3.23. The third-order valence-electron chi connectivity index (χ3n) is 4.78. The number of hydrogen-bond donors (Lipinski definition) is 2. The number of H-pyrrole nitrogens is 1. The van der Waals surface area contributed by atoms with Gasteiger partial charge in [0.15, 0.2) is 0 Å². The van der Waals surface area contributed by atoms with Crippen molar-refractivity contribution >= 4 is 28.6 Å². The van der Waals surface area contributed by atoms with E-state index in [-0.39, 0.29) is 5.91 Å². The summed E-state index contributed by atoms with van der Waals surface area (Å²) < 4.78 is 12.9. The van der Waals surface area contributed by atoms with Gasteiger partial charge >= 0.3 is 0 Å². The molecular weight excluding hydrogens is 343 g/mol. The molecule has 1 fully saturated rings. The zero-order chi connectivity index (χ0) is 18.6. The lowest BCUT2D eigenvalue weighted by Gasteiger charge is -2.34. The molecule has 1 aliphatic rings. The standard InChI is InChI=1S/C21H21FN4O/c22-18-13-26(14-18)10-9-16-3-1-2-4-19(16)24-21(27)8-6-15-5-7-17-12-23-25-20(17)11-15/h1-8,11-12,18H,9-10,13-14H2,(H,23,25)(H,24,27)/b8-6+. The van der Waals surface area contributed by atoms with Crippen molar-refractivity contribution in [3.05, 3.63) is 65.9 Å². The molecule has 0 unspecified atom stereocenters. The molecule has 0 aliphatic carbocycles. The maximum Gasteiger partial charge on any atom is 0.248 e. The highest BCUT2D eigenvalue weighted by Gasteiger charge is 2.25. The summed E-state index contributed by atoms with van der Waals surface area (Å²) in [5.41, 5.74) is 3.71. The molecule has 6 heteroatoms. The van der Waals surface area contributed by atoms with Crippen LogP contribution in [0.5, 0.6) is 0 Å². The summed E-state index contributed by atoms with van der Waals surface area (Å²) >= 11 is 0. The molecule has 3 aromatic rings. The van der Waals surface area contributed by atoms with Gasteiger partial charge in [0, 0.05) is 36.8 Å². The summed E-state index contributed by atoms with van der Waals surface area (Å²) in [5, 5.41) is 10.9. The van der Waals surface area contributed by atoms with Gasteiger partial charge in [-0.2, -0.15) is 5.10 Å². The predicted octanol–water partition coefficient (Wildman–Crippen LogP) is 3.41. The van der Waals surface area contributed by atoms with E-state index in [0.29, 0.717) is 13.1 Å². The molecule has 0 spiro atoms. The number of aromatic amines is 1. The van der Waals surface area contributed by atoms with Crippen molar-refractivity contribution in [3.63, 3.8) is 0 Å². The molecule has 27 heavy (non-hydrogen) atoms. The number of para-hydroxylation sites is 1. The molecule has 1 aromatic heterocycles. The molecule has 2 heterocycles. The Hall–Kier alpha value is -2.99. The Morgan fingerprint density at radius 2 is 2.15 bits per heavy atom. The number of nitrogens with zero attached hydrogens (tertiary/aromatic N) is 2. The number of carbonyl (C=O) groups excluding carboxylic acids is 1. The summed E-state index contributed by atoms with van der Waals surface area (Å²) in [5.74, 6) is -0.181. The molecule has 2 aromatic carbocycles. The summed E-state index contributed by atoms with van der Waals surface area (Å²) in [6.07, 6.45) is 5.16. The highest BCUT2D eigenvalue weighted by atomic mass is 19.1. The topological polar surface area (TPSA) is 61.0 Å². The number of amides is 1. The van der Waals surface area contributed by atoms with Gasteiger partial charge in [-0.15, -0.1) is 0 Å². The number of rotatable bonds is 6. The number of fused-ring (bicyclic) bond motifs is 1. The van der Waals surface area contributed by atoms with Crippen LogP contribution >= 0.6 is 0 Å². The first kappa shape index (κ1) is 17.4. The van der Waals surface area contributed by atoms with Crippen LogP contribution < -0.4 is 5.32 Å². The maximum absolute atomic E-state index is 12.9. The molecule has 1 amide bonds. The number of carbonyl (C=O) groups is 1. The minimum atomic E-state index is -0.689. The van der Waals surface area contributed by atoms with Crippen LogP contribution in [-0.2, 0) is 11.2 Å². The Labute approximate surface area is 156 Å². The van der Waals surface area contributed by atoms with Crippen molar-refractivity contribution in [1.82, 2.24) is 15.1 Å². The van der Waals surface area contributed by atoms with E-state index in [1.807, 2.05) is 42.5 Å². The van der Waals surface area contributed by atoms with Crippen LogP contribution in [0.1, 0.15) is 11.1 Å². The van der Waals surface area contributed by atoms with E-state index in [2.05, 4.69) is 20.4 Å². The Morgan fingerprint density at radius 3 is 3.00 bits per heavy atom. The van der Waals surface area contributed by atoms with Gasteiger partial charge in [0.05, 0.1) is 11.7 Å². The minimum Gasteiger partial charge on any atom is -0.322 e. The first-order valence-corrected chi connectivity index (χ1v) is 9.04. The zero-order valence-electron chi connectivity index (χ0n) is 14.9. The van der Waals surface area contributed by atoms with Gasteiger partial charge in [-0.25, -0.2) is 4.39 Å². The van der Waals surface area contributed by atoms with E-state index in [1.54, 1.807) is 12.3 Å². The van der Waals surface area contributed by atoms with E-state index in [4.69, 9.17) is 0 Å². The first-order chi connectivity index (χ1) is 13.2. The summed E-state index contributed by atoms with van der Waals surface area (Å²) in [6.45, 7) is 1.82. The van der Waals surface area contributed by atoms with E-state index in [1.165, 1.54) is 6.08 Å². The lowest BCUT2D eigenvalue weighted by Crippen LogP contribution is -2.48. The van der Waals surface area contributed by atoms with Crippen molar-refractivity contribution in [1.29, 1.82) is 0 Å². The highest BCUT2D eigenvalue weighted by molar-refractivity contribution is 6.02. The molecular formula is C21H21FN4O. The molecule has 5 nitrogen and oxygen atoms in total. The zero-order valence-corrected chi connectivity index (χ0v) is 14.9. The van der Waals surface area contributed by atoms with Crippen LogP contribution in [0.3, 0.4) is 0 Å². The molecule has 138 valence electrons. The number of halogens is 1. The largest absolute Gasteiger partial charge is 0.322 e. The van der Waals surface area contributed by atoms with Gasteiger partial charge in [0.1, 0.15) is 6.17 Å². The van der Waals surface area contributed by atoms with Gasteiger partial charge in [-0.05, 0) is 35.8 Å². The van der Waals surface area contributed by atoms with Crippen molar-refractivity contribution in [2.24, 2.45) is 0 Å². The van der Waals surface area contributed by atoms with Crippen molar-refractivity contribution < 1.29 is 9.18 Å². The fraction of sp³-hybridized carbons (Fsp3) is 0.238. The Bertz CT molecular complexity index is 975. The highest BCUT2D eigenvalue weighted by Crippen LogP contribution is 2.19. The Morgan fingerprint density at radius 1 is 1.30 bits per heavy atom. The van der Waals surface area contributed by atoms with Crippen LogP contribution in [-0.4, -0.2) is 46.8 Å². The van der Waals surface area contributed by atoms with Crippen LogP contribution in [0.15, 0.2) is 54.7 Å². The third-order valence-corrected chi connectivity index (χ3v) is 4.78. The summed E-state index contributed by atoms with van der Waals surface area (Å²) in [6, 6.07) is 13.6. The number of nitrogens with one attached hydrogen (secondary N) is 2. The molecule has 0 bridgehead atoms. The van der Waals surface area contributed by atoms with Gasteiger partial charge < -0.3 is 5.32 Å². The van der Waals surface area contributed by atoms with E-state index in [0.717, 1.165) is 40.7 Å². The SMILES string of the molecule is O=C(/C=C/c1ccc2cn[nH]c2c1)Nc1ccccc1CCN1CC(F)C1. The molecule has 1 saturated heterocycles. The second kappa shape index (κ2) is 7.72. The van der Waals surface area contributed by atoms with Gasteiger partial charge in [0.25, 0.3) is 0 Å². The fourth-order valence-electron chi connectivity index (χ4n) is 3.23. The van der Waals surface area contributed by atoms with Gasteiger partial charge in [0.2, 0.25) is 5.91 Å². The second-order valence-corrected chi connectivity index (χ2v) is 6.80. The third kappa shape index (κ3) is 4.23. The van der Waals surface area contributed by atoms with Gasteiger partial charge in [-0.3, -0.25) is 14.8 Å². The molecule has 0 atom stereocenters. The lowest BCUT2D eigenvalue weighted by molar-refractivity contribution is -0.111. The number of benzene rings is 2. The Kier molecular flexibility index (Phi) is 4.98. The summed E-state index contributed by atoms with van der Waals surface area (Å²) in [7, 11) is 0. The van der Waals surface area contributed by atoms with Crippen LogP contribution in [0, 0.1) is 0 Å². The second-order valence-electron chi connectivity index (χ2n) is 6.80. The number of likely N-dealkylation sites (tertiary alicyclic amines) is 1. The number of anilines is 1. The Balaban J connectivity index is 1.38. The average molecular weight is 364 g/mol. The number of hydrogen-bond acceptors (Lipinski definition) is 3. The maximum atomic E-state index is 12.9. The predicted molar refractivity (Wildman–Crippen MR) is 105 cm³/mol. The van der Waals surface area contributed by atoms with Crippen molar-refractivity contribution in [3.8, 4) is 0 Å².